The van der Waals surface area contributed by atoms with Crippen molar-refractivity contribution in [1.82, 2.24) is 4.90 Å². The summed E-state index contributed by atoms with van der Waals surface area (Å²) in [6, 6.07) is 8.26. The first-order valence-electron chi connectivity index (χ1n) is 6.48. The zero-order valence-corrected chi connectivity index (χ0v) is 10.9. The number of likely N-dealkylation sites (N-methyl/N-ethyl adjacent to an activating group) is 1. The second-order valence-corrected chi connectivity index (χ2v) is 4.84. The molecule has 1 aliphatic heterocycles. The van der Waals surface area contributed by atoms with Crippen molar-refractivity contribution in [3.63, 3.8) is 0 Å². The lowest BCUT2D eigenvalue weighted by Crippen LogP contribution is -2.48. The van der Waals surface area contributed by atoms with Crippen LogP contribution < -0.4 is 10.6 Å². The molecule has 1 heterocycles. The minimum Gasteiger partial charge on any atom is -0.330 e. The van der Waals surface area contributed by atoms with E-state index < -0.39 is 0 Å². The van der Waals surface area contributed by atoms with Gasteiger partial charge in [0.15, 0.2) is 0 Å². The maximum Gasteiger partial charge on any atom is 0.241 e. The van der Waals surface area contributed by atoms with Gasteiger partial charge in [-0.2, -0.15) is 0 Å². The molecule has 0 saturated carbocycles. The Labute approximate surface area is 108 Å². The van der Waals surface area contributed by atoms with Gasteiger partial charge in [0.05, 0.1) is 6.54 Å². The number of hydrogen-bond donors (Lipinski definition) is 1. The van der Waals surface area contributed by atoms with Gasteiger partial charge in [0, 0.05) is 18.8 Å². The van der Waals surface area contributed by atoms with E-state index in [1.807, 2.05) is 24.1 Å². The highest BCUT2D eigenvalue weighted by Crippen LogP contribution is 2.18. The number of nitrogens with zero attached hydrogens (tertiary/aromatic N) is 2. The monoisotopic (exact) mass is 247 g/mol. The van der Waals surface area contributed by atoms with Crippen molar-refractivity contribution in [3.8, 4) is 0 Å². The van der Waals surface area contributed by atoms with Crippen LogP contribution in [0.25, 0.3) is 0 Å². The molecule has 1 aromatic rings. The Bertz CT molecular complexity index is 402. The number of carbonyl (C=O) groups is 1. The minimum atomic E-state index is 0.179. The summed E-state index contributed by atoms with van der Waals surface area (Å²) in [6.07, 6.45) is 2.01. The number of piperazine rings is 1. The molecule has 1 fully saturated rings. The molecular weight excluding hydrogens is 226 g/mol. The molecule has 2 rings (SSSR count). The predicted molar refractivity (Wildman–Crippen MR) is 73.7 cm³/mol. The Hall–Kier alpha value is -1.39. The van der Waals surface area contributed by atoms with Gasteiger partial charge >= 0.3 is 0 Å². The lowest BCUT2D eigenvalue weighted by atomic mass is 10.1. The van der Waals surface area contributed by atoms with E-state index in [2.05, 4.69) is 17.0 Å². The van der Waals surface area contributed by atoms with E-state index in [9.17, 15) is 4.79 Å². The highest BCUT2D eigenvalue weighted by Gasteiger charge is 2.22. The van der Waals surface area contributed by atoms with Crippen molar-refractivity contribution in [2.24, 2.45) is 5.73 Å². The number of carbonyl (C=O) groups excluding carboxylic acids is 1. The first kappa shape index (κ1) is 13.1. The van der Waals surface area contributed by atoms with Gasteiger partial charge in [0.25, 0.3) is 0 Å². The van der Waals surface area contributed by atoms with Gasteiger partial charge in [-0.05, 0) is 44.1 Å². The molecule has 0 bridgehead atoms. The van der Waals surface area contributed by atoms with Crippen molar-refractivity contribution >= 4 is 11.6 Å². The van der Waals surface area contributed by atoms with Gasteiger partial charge in [-0.3, -0.25) is 9.69 Å². The van der Waals surface area contributed by atoms with Gasteiger partial charge in [-0.1, -0.05) is 12.1 Å². The summed E-state index contributed by atoms with van der Waals surface area (Å²) < 4.78 is 0. The molecule has 0 atom stereocenters. The van der Waals surface area contributed by atoms with Crippen LogP contribution in [0.1, 0.15) is 12.0 Å². The molecule has 1 saturated heterocycles. The second kappa shape index (κ2) is 5.98. The molecule has 1 aromatic carbocycles. The second-order valence-electron chi connectivity index (χ2n) is 4.84. The Balaban J connectivity index is 2.02. The summed E-state index contributed by atoms with van der Waals surface area (Å²) in [7, 11) is 1.98. The summed E-state index contributed by atoms with van der Waals surface area (Å²) in [5, 5.41) is 0. The Morgan fingerprint density at radius 2 is 1.94 bits per heavy atom. The third kappa shape index (κ3) is 3.09. The Kier molecular flexibility index (Phi) is 4.33. The third-order valence-electron chi connectivity index (χ3n) is 3.33. The van der Waals surface area contributed by atoms with Gasteiger partial charge < -0.3 is 10.6 Å². The average molecular weight is 247 g/mol. The number of nitrogens with two attached hydrogens (primary N) is 1. The van der Waals surface area contributed by atoms with E-state index in [0.29, 0.717) is 6.54 Å². The number of amides is 1. The Morgan fingerprint density at radius 1 is 1.22 bits per heavy atom. The Morgan fingerprint density at radius 3 is 2.56 bits per heavy atom. The zero-order valence-electron chi connectivity index (χ0n) is 10.9. The molecule has 1 aliphatic rings. The molecule has 1 amide bonds. The van der Waals surface area contributed by atoms with Crippen molar-refractivity contribution in [3.05, 3.63) is 29.8 Å². The van der Waals surface area contributed by atoms with Crippen LogP contribution in [0.15, 0.2) is 24.3 Å². The van der Waals surface area contributed by atoms with Crippen molar-refractivity contribution in [2.75, 3.05) is 38.1 Å². The van der Waals surface area contributed by atoms with Gasteiger partial charge in [0.1, 0.15) is 0 Å². The normalized spacial score (nSPS) is 17.2. The van der Waals surface area contributed by atoms with Gasteiger partial charge in [0.2, 0.25) is 5.91 Å². The molecule has 0 aliphatic carbocycles. The van der Waals surface area contributed by atoms with Gasteiger partial charge in [-0.15, -0.1) is 0 Å². The van der Waals surface area contributed by atoms with Gasteiger partial charge in [-0.25, -0.2) is 0 Å². The van der Waals surface area contributed by atoms with E-state index >= 15 is 0 Å². The summed E-state index contributed by atoms with van der Waals surface area (Å²) in [5.74, 6) is 0.179. The molecule has 4 nitrogen and oxygen atoms in total. The van der Waals surface area contributed by atoms with Crippen LogP contribution in [0, 0.1) is 0 Å². The van der Waals surface area contributed by atoms with E-state index in [1.165, 1.54) is 5.56 Å². The predicted octanol–water partition coefficient (Wildman–Crippen LogP) is 0.856. The average Bonchev–Trinajstić information content (AvgIpc) is 2.37. The first-order valence-corrected chi connectivity index (χ1v) is 6.48. The number of benzene rings is 1. The number of anilines is 1. The molecule has 18 heavy (non-hydrogen) atoms. The molecule has 98 valence electrons. The summed E-state index contributed by atoms with van der Waals surface area (Å²) in [4.78, 5) is 15.8. The molecule has 0 spiro atoms. The maximum atomic E-state index is 11.9. The van der Waals surface area contributed by atoms with Crippen molar-refractivity contribution < 1.29 is 4.79 Å². The van der Waals surface area contributed by atoms with Crippen LogP contribution in [0.5, 0.6) is 0 Å². The number of hydrogen-bond acceptors (Lipinski definition) is 3. The molecule has 2 N–H and O–H groups in total. The highest BCUT2D eigenvalue weighted by molar-refractivity contribution is 5.95. The maximum absolute atomic E-state index is 11.9. The van der Waals surface area contributed by atoms with E-state index in [-0.39, 0.29) is 5.91 Å². The minimum absolute atomic E-state index is 0.179. The van der Waals surface area contributed by atoms with E-state index in [1.54, 1.807) is 0 Å². The summed E-state index contributed by atoms with van der Waals surface area (Å²) >= 11 is 0. The van der Waals surface area contributed by atoms with E-state index in [4.69, 9.17) is 5.73 Å². The molecule has 0 unspecified atom stereocenters. The van der Waals surface area contributed by atoms with Crippen LogP contribution in [-0.4, -0.2) is 44.0 Å². The van der Waals surface area contributed by atoms with Crippen LogP contribution in [0.2, 0.25) is 0 Å². The van der Waals surface area contributed by atoms with Crippen LogP contribution >= 0.6 is 0 Å². The first-order chi connectivity index (χ1) is 8.70. The van der Waals surface area contributed by atoms with Crippen molar-refractivity contribution in [1.29, 1.82) is 0 Å². The highest BCUT2D eigenvalue weighted by atomic mass is 16.2. The lowest BCUT2D eigenvalue weighted by molar-refractivity contribution is -0.120. The van der Waals surface area contributed by atoms with Crippen LogP contribution in [0.4, 0.5) is 5.69 Å². The third-order valence-corrected chi connectivity index (χ3v) is 3.33. The molecule has 0 aromatic heterocycles. The fourth-order valence-electron chi connectivity index (χ4n) is 2.21. The number of rotatable bonds is 4. The van der Waals surface area contributed by atoms with Crippen LogP contribution in [-0.2, 0) is 11.2 Å². The molecule has 4 heteroatoms. The fourth-order valence-corrected chi connectivity index (χ4v) is 2.21. The lowest BCUT2D eigenvalue weighted by Gasteiger charge is -2.32. The topological polar surface area (TPSA) is 49.6 Å². The molecule has 0 radical (unpaired) electrons. The zero-order chi connectivity index (χ0) is 13.0. The number of aryl methyl sites for hydroxylation is 1. The summed E-state index contributed by atoms with van der Waals surface area (Å²) in [5.41, 5.74) is 7.78. The largest absolute Gasteiger partial charge is 0.330 e. The smallest absolute Gasteiger partial charge is 0.241 e. The van der Waals surface area contributed by atoms with Crippen LogP contribution in [0.3, 0.4) is 0 Å². The quantitative estimate of drug-likeness (QED) is 0.858. The molecular formula is C14H21N3O. The summed E-state index contributed by atoms with van der Waals surface area (Å²) in [6.45, 7) is 2.94. The SMILES string of the molecule is CN1CCN(c2ccc(CCCN)cc2)C(=O)C1. The fraction of sp³-hybridized carbons (Fsp3) is 0.500. The standard InChI is InChI=1S/C14H21N3O/c1-16-9-10-17(14(18)11-16)13-6-4-12(5-7-13)3-2-8-15/h4-7H,2-3,8-11,15H2,1H3. The van der Waals surface area contributed by atoms with E-state index in [0.717, 1.165) is 38.2 Å². The van der Waals surface area contributed by atoms with Crippen molar-refractivity contribution in [2.45, 2.75) is 12.8 Å².